The maximum Gasteiger partial charge on any atom is 0.270 e. The molecule has 0 saturated heterocycles. The third kappa shape index (κ3) is 2.65. The highest BCUT2D eigenvalue weighted by Gasteiger charge is 2.21. The van der Waals surface area contributed by atoms with Gasteiger partial charge in [0.2, 0.25) is 5.89 Å². The molecule has 0 aliphatic heterocycles. The molecule has 0 unspecified atom stereocenters. The fourth-order valence-corrected chi connectivity index (χ4v) is 3.95. The highest BCUT2D eigenvalue weighted by atomic mass is 16.4. The molecule has 0 aliphatic carbocycles. The molecule has 6 aromatic rings. The maximum absolute atomic E-state index is 6.03. The van der Waals surface area contributed by atoms with E-state index in [1.165, 1.54) is 0 Å². The van der Waals surface area contributed by atoms with Crippen LogP contribution < -0.4 is 0 Å². The number of fused-ring (bicyclic) bond motifs is 2. The van der Waals surface area contributed by atoms with Crippen molar-refractivity contribution in [1.82, 2.24) is 34.7 Å². The van der Waals surface area contributed by atoms with E-state index < -0.39 is 0 Å². The van der Waals surface area contributed by atoms with Crippen molar-refractivity contribution < 1.29 is 4.42 Å². The van der Waals surface area contributed by atoms with Crippen LogP contribution in [-0.4, -0.2) is 34.7 Å². The normalized spacial score (nSPS) is 11.5. The Balaban J connectivity index is 1.45. The van der Waals surface area contributed by atoms with E-state index in [1.54, 1.807) is 10.9 Å². The topological polar surface area (TPSA) is 87.5 Å². The number of benzene rings is 2. The molecule has 0 bridgehead atoms. The van der Waals surface area contributed by atoms with Gasteiger partial charge in [-0.3, -0.25) is 4.98 Å². The number of para-hydroxylation sites is 2. The van der Waals surface area contributed by atoms with E-state index in [4.69, 9.17) is 4.42 Å². The molecule has 150 valence electrons. The highest BCUT2D eigenvalue weighted by molar-refractivity contribution is 5.94. The van der Waals surface area contributed by atoms with Crippen molar-refractivity contribution >= 4 is 21.8 Å². The quantitative estimate of drug-likeness (QED) is 0.434. The zero-order valence-electron chi connectivity index (χ0n) is 16.9. The molecule has 8 heteroatoms. The smallest absolute Gasteiger partial charge is 0.270 e. The number of pyridine rings is 1. The molecular formula is C23H17N7O. The van der Waals surface area contributed by atoms with E-state index in [0.29, 0.717) is 17.5 Å². The minimum atomic E-state index is 0.333. The molecule has 0 saturated carbocycles. The Labute approximate surface area is 176 Å². The molecule has 4 heterocycles. The summed E-state index contributed by atoms with van der Waals surface area (Å²) in [7, 11) is 2.00. The lowest BCUT2D eigenvalue weighted by Crippen LogP contribution is -2.01. The summed E-state index contributed by atoms with van der Waals surface area (Å²) in [6, 6.07) is 18.0. The first-order chi connectivity index (χ1) is 15.2. The predicted molar refractivity (Wildman–Crippen MR) is 117 cm³/mol. The predicted octanol–water partition coefficient (Wildman–Crippen LogP) is 4.33. The average molecular weight is 407 g/mol. The van der Waals surface area contributed by atoms with Gasteiger partial charge >= 0.3 is 0 Å². The molecule has 4 aromatic heterocycles. The number of hydrogen-bond acceptors (Lipinski definition) is 6. The van der Waals surface area contributed by atoms with Gasteiger partial charge in [0.25, 0.3) is 5.89 Å². The van der Waals surface area contributed by atoms with Crippen LogP contribution in [0.5, 0.6) is 0 Å². The minimum Gasteiger partial charge on any atom is -0.414 e. The first kappa shape index (κ1) is 17.5. The highest BCUT2D eigenvalue weighted by Crippen LogP contribution is 2.32. The molecular weight excluding hydrogens is 390 g/mol. The van der Waals surface area contributed by atoms with Crippen LogP contribution in [-0.2, 0) is 7.05 Å². The molecule has 0 radical (unpaired) electrons. The van der Waals surface area contributed by atoms with Crippen LogP contribution in [0.2, 0.25) is 0 Å². The summed E-state index contributed by atoms with van der Waals surface area (Å²) in [5.41, 5.74) is 5.04. The van der Waals surface area contributed by atoms with Crippen LogP contribution >= 0.6 is 0 Å². The SMILES string of the molecule is Cc1c(-c2nnc(-c3cn(C)c4ccccc34)o2)nnn1-c1cccc2cccnc12. The van der Waals surface area contributed by atoms with Crippen LogP contribution in [0.25, 0.3) is 50.5 Å². The lowest BCUT2D eigenvalue weighted by molar-refractivity contribution is 0.582. The molecule has 0 amide bonds. The monoisotopic (exact) mass is 407 g/mol. The summed E-state index contributed by atoms with van der Waals surface area (Å²) in [6.45, 7) is 1.93. The lowest BCUT2D eigenvalue weighted by Gasteiger charge is -2.06. The molecule has 0 N–H and O–H groups in total. The largest absolute Gasteiger partial charge is 0.414 e. The van der Waals surface area contributed by atoms with E-state index in [-0.39, 0.29) is 0 Å². The molecule has 6 rings (SSSR count). The van der Waals surface area contributed by atoms with Gasteiger partial charge in [-0.15, -0.1) is 15.3 Å². The van der Waals surface area contributed by atoms with Gasteiger partial charge in [0, 0.05) is 35.7 Å². The Hall–Kier alpha value is -4.33. The van der Waals surface area contributed by atoms with Crippen molar-refractivity contribution in [3.8, 4) is 28.7 Å². The third-order valence-electron chi connectivity index (χ3n) is 5.49. The van der Waals surface area contributed by atoms with Gasteiger partial charge in [-0.1, -0.05) is 41.6 Å². The van der Waals surface area contributed by atoms with Crippen molar-refractivity contribution in [2.45, 2.75) is 6.92 Å². The fourth-order valence-electron chi connectivity index (χ4n) is 3.95. The Kier molecular flexibility index (Phi) is 3.73. The first-order valence-corrected chi connectivity index (χ1v) is 9.85. The number of aromatic nitrogens is 7. The number of aryl methyl sites for hydroxylation is 1. The summed E-state index contributed by atoms with van der Waals surface area (Å²) >= 11 is 0. The van der Waals surface area contributed by atoms with Gasteiger partial charge in [-0.2, -0.15) is 0 Å². The van der Waals surface area contributed by atoms with E-state index >= 15 is 0 Å². The number of nitrogens with zero attached hydrogens (tertiary/aromatic N) is 7. The Bertz CT molecular complexity index is 1570. The Morgan fingerprint density at radius 3 is 2.65 bits per heavy atom. The average Bonchev–Trinajstić information content (AvgIpc) is 3.51. The van der Waals surface area contributed by atoms with E-state index in [1.807, 2.05) is 73.3 Å². The van der Waals surface area contributed by atoms with Crippen LogP contribution in [0.15, 0.2) is 71.4 Å². The summed E-state index contributed by atoms with van der Waals surface area (Å²) in [6.07, 6.45) is 3.76. The van der Waals surface area contributed by atoms with Crippen molar-refractivity contribution in [2.75, 3.05) is 0 Å². The van der Waals surface area contributed by atoms with Gasteiger partial charge in [0.15, 0.2) is 5.69 Å². The van der Waals surface area contributed by atoms with E-state index in [0.717, 1.165) is 38.8 Å². The van der Waals surface area contributed by atoms with Gasteiger partial charge in [-0.25, -0.2) is 4.68 Å². The third-order valence-corrected chi connectivity index (χ3v) is 5.49. The van der Waals surface area contributed by atoms with Crippen LogP contribution in [0, 0.1) is 6.92 Å². The maximum atomic E-state index is 6.03. The van der Waals surface area contributed by atoms with E-state index in [9.17, 15) is 0 Å². The second-order valence-corrected chi connectivity index (χ2v) is 7.37. The minimum absolute atomic E-state index is 0.333. The van der Waals surface area contributed by atoms with Crippen molar-refractivity contribution in [1.29, 1.82) is 0 Å². The Morgan fingerprint density at radius 2 is 1.71 bits per heavy atom. The number of hydrogen-bond donors (Lipinski definition) is 0. The molecule has 0 spiro atoms. The van der Waals surface area contributed by atoms with Crippen LogP contribution in [0.1, 0.15) is 5.69 Å². The molecule has 8 nitrogen and oxygen atoms in total. The number of rotatable bonds is 3. The molecule has 0 aliphatic rings. The standard InChI is InChI=1S/C23H17N7O/c1-14-20(25-28-30(14)19-11-5-7-15-8-6-12-24-21(15)19)23-27-26-22(31-23)17-13-29(2)18-10-4-3-9-16(17)18/h3-13H,1-2H3. The molecule has 0 fully saturated rings. The van der Waals surface area contributed by atoms with E-state index in [2.05, 4.69) is 31.6 Å². The second kappa shape index (κ2) is 6.60. The van der Waals surface area contributed by atoms with Crippen molar-refractivity contribution in [2.24, 2.45) is 7.05 Å². The summed E-state index contributed by atoms with van der Waals surface area (Å²) in [4.78, 5) is 4.51. The molecule has 2 aromatic carbocycles. The summed E-state index contributed by atoms with van der Waals surface area (Å²) in [5, 5.41) is 19.3. The summed E-state index contributed by atoms with van der Waals surface area (Å²) < 4.78 is 9.83. The Morgan fingerprint density at radius 1 is 0.871 bits per heavy atom. The molecule has 0 atom stereocenters. The zero-order chi connectivity index (χ0) is 20.9. The summed E-state index contributed by atoms with van der Waals surface area (Å²) in [5.74, 6) is 0.785. The van der Waals surface area contributed by atoms with Gasteiger partial charge in [-0.05, 0) is 25.1 Å². The lowest BCUT2D eigenvalue weighted by atomic mass is 10.2. The van der Waals surface area contributed by atoms with Gasteiger partial charge < -0.3 is 8.98 Å². The second-order valence-electron chi connectivity index (χ2n) is 7.37. The zero-order valence-corrected chi connectivity index (χ0v) is 16.9. The fraction of sp³-hybridized carbons (Fsp3) is 0.0870. The molecule has 31 heavy (non-hydrogen) atoms. The van der Waals surface area contributed by atoms with Crippen molar-refractivity contribution in [3.63, 3.8) is 0 Å². The van der Waals surface area contributed by atoms with Gasteiger partial charge in [0.1, 0.15) is 0 Å². The van der Waals surface area contributed by atoms with Crippen LogP contribution in [0.4, 0.5) is 0 Å². The van der Waals surface area contributed by atoms with Crippen molar-refractivity contribution in [3.05, 3.63) is 72.7 Å². The first-order valence-electron chi connectivity index (χ1n) is 9.85. The van der Waals surface area contributed by atoms with Gasteiger partial charge in [0.05, 0.1) is 22.5 Å². The van der Waals surface area contributed by atoms with Crippen LogP contribution in [0.3, 0.4) is 0 Å².